The number of pyridine rings is 1. The number of rotatable bonds is 3. The van der Waals surface area contributed by atoms with Crippen molar-refractivity contribution >= 4 is 10.9 Å². The van der Waals surface area contributed by atoms with Gasteiger partial charge in [0.05, 0.1) is 23.8 Å². The minimum Gasteiger partial charge on any atom is -0.375 e. The molecule has 0 aliphatic carbocycles. The molecule has 0 saturated carbocycles. The van der Waals surface area contributed by atoms with Gasteiger partial charge in [-0.3, -0.25) is 16.3 Å². The number of nitrogens with two attached hydrogens (primary N) is 1. The van der Waals surface area contributed by atoms with Gasteiger partial charge in [0.15, 0.2) is 0 Å². The van der Waals surface area contributed by atoms with Crippen molar-refractivity contribution in [1.29, 1.82) is 0 Å². The summed E-state index contributed by atoms with van der Waals surface area (Å²) >= 11 is 0. The lowest BCUT2D eigenvalue weighted by Gasteiger charge is -2.29. The summed E-state index contributed by atoms with van der Waals surface area (Å²) in [6, 6.07) is 10.5. The summed E-state index contributed by atoms with van der Waals surface area (Å²) < 4.78 is 5.99. The van der Waals surface area contributed by atoms with Crippen LogP contribution in [0.25, 0.3) is 10.9 Å². The molecule has 0 amide bonds. The first-order valence-electron chi connectivity index (χ1n) is 7.32. The zero-order valence-electron chi connectivity index (χ0n) is 11.3. The topological polar surface area (TPSA) is 60.2 Å². The second kappa shape index (κ2) is 4.81. The molecule has 20 heavy (non-hydrogen) atoms. The SMILES string of the molecule is NNC(c1cccc2ncccc12)C1CC2CCC1O2. The largest absolute Gasteiger partial charge is 0.375 e. The Hall–Kier alpha value is -1.49. The van der Waals surface area contributed by atoms with Crippen molar-refractivity contribution in [2.45, 2.75) is 37.5 Å². The van der Waals surface area contributed by atoms with E-state index in [1.807, 2.05) is 18.3 Å². The number of aromatic nitrogens is 1. The van der Waals surface area contributed by atoms with Crippen LogP contribution in [0.4, 0.5) is 0 Å². The van der Waals surface area contributed by atoms with E-state index in [1.54, 1.807) is 0 Å². The second-order valence-electron chi connectivity index (χ2n) is 5.84. The highest BCUT2D eigenvalue weighted by molar-refractivity contribution is 5.82. The lowest BCUT2D eigenvalue weighted by atomic mass is 9.80. The average Bonchev–Trinajstić information content (AvgIpc) is 3.11. The van der Waals surface area contributed by atoms with Gasteiger partial charge < -0.3 is 4.74 Å². The van der Waals surface area contributed by atoms with Gasteiger partial charge in [0, 0.05) is 17.5 Å². The van der Waals surface area contributed by atoms with Crippen LogP contribution < -0.4 is 11.3 Å². The Morgan fingerprint density at radius 3 is 2.95 bits per heavy atom. The van der Waals surface area contributed by atoms with Gasteiger partial charge in [0.2, 0.25) is 0 Å². The molecule has 3 heterocycles. The molecule has 4 nitrogen and oxygen atoms in total. The molecule has 4 heteroatoms. The summed E-state index contributed by atoms with van der Waals surface area (Å²) in [5.74, 6) is 6.34. The minimum absolute atomic E-state index is 0.137. The van der Waals surface area contributed by atoms with Gasteiger partial charge in [-0.15, -0.1) is 0 Å². The Morgan fingerprint density at radius 1 is 1.25 bits per heavy atom. The van der Waals surface area contributed by atoms with Gasteiger partial charge in [-0.05, 0) is 37.0 Å². The summed E-state index contributed by atoms with van der Waals surface area (Å²) in [5.41, 5.74) is 5.29. The number of nitrogens with zero attached hydrogens (tertiary/aromatic N) is 1. The first-order valence-corrected chi connectivity index (χ1v) is 7.32. The summed E-state index contributed by atoms with van der Waals surface area (Å²) in [6.45, 7) is 0. The maximum atomic E-state index is 5.99. The van der Waals surface area contributed by atoms with Crippen molar-refractivity contribution < 1.29 is 4.74 Å². The number of fused-ring (bicyclic) bond motifs is 3. The second-order valence-corrected chi connectivity index (χ2v) is 5.84. The lowest BCUT2D eigenvalue weighted by Crippen LogP contribution is -2.37. The molecule has 1 aromatic heterocycles. The Kier molecular flexibility index (Phi) is 2.95. The molecular weight excluding hydrogens is 250 g/mol. The van der Waals surface area contributed by atoms with E-state index >= 15 is 0 Å². The third kappa shape index (κ3) is 1.84. The van der Waals surface area contributed by atoms with Crippen LogP contribution in [0.5, 0.6) is 0 Å². The summed E-state index contributed by atoms with van der Waals surface area (Å²) in [6.07, 6.45) is 6.10. The maximum absolute atomic E-state index is 5.99. The van der Waals surface area contributed by atoms with Crippen LogP contribution in [0.15, 0.2) is 36.5 Å². The molecule has 2 bridgehead atoms. The van der Waals surface area contributed by atoms with E-state index in [1.165, 1.54) is 17.4 Å². The Morgan fingerprint density at radius 2 is 2.20 bits per heavy atom. The van der Waals surface area contributed by atoms with Crippen LogP contribution in [-0.4, -0.2) is 17.2 Å². The fourth-order valence-corrected chi connectivity index (χ4v) is 3.87. The maximum Gasteiger partial charge on any atom is 0.0705 e. The normalized spacial score (nSPS) is 29.9. The smallest absolute Gasteiger partial charge is 0.0705 e. The molecular formula is C16H19N3O. The molecule has 104 valence electrons. The molecule has 3 N–H and O–H groups in total. The highest BCUT2D eigenvalue weighted by atomic mass is 16.5. The third-order valence-corrected chi connectivity index (χ3v) is 4.78. The van der Waals surface area contributed by atoms with Crippen molar-refractivity contribution in [2.24, 2.45) is 11.8 Å². The van der Waals surface area contributed by atoms with Gasteiger partial charge in [-0.25, -0.2) is 0 Å². The van der Waals surface area contributed by atoms with Crippen molar-refractivity contribution in [3.05, 3.63) is 42.1 Å². The molecule has 0 spiro atoms. The fourth-order valence-electron chi connectivity index (χ4n) is 3.87. The van der Waals surface area contributed by atoms with Crippen LogP contribution in [0.1, 0.15) is 30.9 Å². The molecule has 2 saturated heterocycles. The van der Waals surface area contributed by atoms with E-state index in [0.29, 0.717) is 18.1 Å². The minimum atomic E-state index is 0.137. The summed E-state index contributed by atoms with van der Waals surface area (Å²) in [4.78, 5) is 4.43. The molecule has 0 radical (unpaired) electrons. The van der Waals surface area contributed by atoms with E-state index < -0.39 is 0 Å². The highest BCUT2D eigenvalue weighted by Crippen LogP contribution is 2.45. The van der Waals surface area contributed by atoms with Crippen LogP contribution in [0, 0.1) is 5.92 Å². The summed E-state index contributed by atoms with van der Waals surface area (Å²) in [5, 5.41) is 1.18. The zero-order valence-corrected chi connectivity index (χ0v) is 11.3. The van der Waals surface area contributed by atoms with Gasteiger partial charge in [0.1, 0.15) is 0 Å². The number of hydrogen-bond donors (Lipinski definition) is 2. The van der Waals surface area contributed by atoms with Crippen LogP contribution in [0.3, 0.4) is 0 Å². The van der Waals surface area contributed by atoms with E-state index in [-0.39, 0.29) is 6.04 Å². The quantitative estimate of drug-likeness (QED) is 0.663. The molecule has 1 aromatic carbocycles. The first-order chi connectivity index (χ1) is 9.86. The van der Waals surface area contributed by atoms with E-state index in [9.17, 15) is 0 Å². The number of ether oxygens (including phenoxy) is 1. The van der Waals surface area contributed by atoms with Gasteiger partial charge in [-0.1, -0.05) is 18.2 Å². The van der Waals surface area contributed by atoms with Crippen LogP contribution >= 0.6 is 0 Å². The van der Waals surface area contributed by atoms with Crippen molar-refractivity contribution in [2.75, 3.05) is 0 Å². The Bertz CT molecular complexity index is 625. The van der Waals surface area contributed by atoms with Gasteiger partial charge in [0.25, 0.3) is 0 Å². The zero-order chi connectivity index (χ0) is 13.5. The molecule has 4 rings (SSSR count). The molecule has 2 aliphatic heterocycles. The van der Waals surface area contributed by atoms with E-state index in [4.69, 9.17) is 10.6 Å². The van der Waals surface area contributed by atoms with Gasteiger partial charge >= 0.3 is 0 Å². The predicted molar refractivity (Wildman–Crippen MR) is 77.8 cm³/mol. The molecule has 2 fully saturated rings. The van der Waals surface area contributed by atoms with Crippen LogP contribution in [-0.2, 0) is 4.74 Å². The Balaban J connectivity index is 1.76. The molecule has 2 aromatic rings. The predicted octanol–water partition coefficient (Wildman–Crippen LogP) is 2.31. The average molecular weight is 269 g/mol. The number of benzene rings is 1. The van der Waals surface area contributed by atoms with Crippen molar-refractivity contribution in [3.63, 3.8) is 0 Å². The lowest BCUT2D eigenvalue weighted by molar-refractivity contribution is 0.0858. The van der Waals surface area contributed by atoms with E-state index in [2.05, 4.69) is 28.6 Å². The summed E-state index contributed by atoms with van der Waals surface area (Å²) in [7, 11) is 0. The van der Waals surface area contributed by atoms with Crippen molar-refractivity contribution in [1.82, 2.24) is 10.4 Å². The van der Waals surface area contributed by atoms with E-state index in [0.717, 1.165) is 18.4 Å². The molecule has 4 unspecified atom stereocenters. The number of hydrazine groups is 1. The number of nitrogens with one attached hydrogen (secondary N) is 1. The van der Waals surface area contributed by atoms with Gasteiger partial charge in [-0.2, -0.15) is 0 Å². The third-order valence-electron chi connectivity index (χ3n) is 4.78. The standard InChI is InChI=1S/C16H19N3O/c17-19-16(13-9-10-6-7-15(13)20-10)12-3-1-5-14-11(12)4-2-8-18-14/h1-5,8,10,13,15-16,19H,6-7,9,17H2. The highest BCUT2D eigenvalue weighted by Gasteiger charge is 2.44. The van der Waals surface area contributed by atoms with Crippen molar-refractivity contribution in [3.8, 4) is 0 Å². The van der Waals surface area contributed by atoms with Crippen LogP contribution in [0.2, 0.25) is 0 Å². The molecule has 4 atom stereocenters. The fraction of sp³-hybridized carbons (Fsp3) is 0.438. The number of hydrogen-bond acceptors (Lipinski definition) is 4. The monoisotopic (exact) mass is 269 g/mol. The first kappa shape index (κ1) is 12.3. The molecule has 2 aliphatic rings. The Labute approximate surface area is 118 Å².